The molecule has 1 amide bonds. The van der Waals surface area contributed by atoms with E-state index in [0.29, 0.717) is 40.2 Å². The monoisotopic (exact) mass is 413 g/mol. The van der Waals surface area contributed by atoms with E-state index in [1.54, 1.807) is 32.6 Å². The van der Waals surface area contributed by atoms with Gasteiger partial charge in [-0.1, -0.05) is 13.8 Å². The second-order valence-corrected chi connectivity index (χ2v) is 8.73. The topological polar surface area (TPSA) is 75.3 Å². The van der Waals surface area contributed by atoms with Gasteiger partial charge in [0, 0.05) is 34.5 Å². The Labute approximate surface area is 176 Å². The van der Waals surface area contributed by atoms with E-state index in [1.165, 1.54) is 18.2 Å². The summed E-state index contributed by atoms with van der Waals surface area (Å²) < 4.78 is 19.2. The molecule has 1 aromatic heterocycles. The number of carbonyl (C=O) groups is 2. The Morgan fingerprint density at radius 1 is 1.23 bits per heavy atom. The van der Waals surface area contributed by atoms with E-state index in [2.05, 4.69) is 10.2 Å². The molecule has 0 saturated carbocycles. The molecular weight excluding hydrogens is 385 g/mol. The van der Waals surface area contributed by atoms with Crippen LogP contribution in [-0.2, 0) is 14.9 Å². The number of amides is 1. The number of nitrogens with one attached hydrogen (secondary N) is 1. The Morgan fingerprint density at radius 3 is 2.50 bits per heavy atom. The molecule has 0 aliphatic carbocycles. The minimum absolute atomic E-state index is 0.301. The third-order valence-corrected chi connectivity index (χ3v) is 5.36. The Kier molecular flexibility index (Phi) is 5.58. The van der Waals surface area contributed by atoms with Crippen LogP contribution in [0.2, 0.25) is 0 Å². The zero-order chi connectivity index (χ0) is 22.4. The molecule has 0 bridgehead atoms. The first-order valence-electron chi connectivity index (χ1n) is 9.99. The van der Waals surface area contributed by atoms with Gasteiger partial charge in [0.2, 0.25) is 0 Å². The molecule has 1 aliphatic rings. The van der Waals surface area contributed by atoms with E-state index in [1.807, 2.05) is 20.8 Å². The van der Waals surface area contributed by atoms with Crippen LogP contribution in [0.25, 0.3) is 5.57 Å². The molecule has 1 aliphatic heterocycles. The lowest BCUT2D eigenvalue weighted by molar-refractivity contribution is -0.140. The summed E-state index contributed by atoms with van der Waals surface area (Å²) in [6, 6.07) is 4.28. The average molecular weight is 413 g/mol. The first-order chi connectivity index (χ1) is 13.9. The van der Waals surface area contributed by atoms with E-state index in [4.69, 9.17) is 4.74 Å². The lowest BCUT2D eigenvalue weighted by atomic mass is 9.85. The third kappa shape index (κ3) is 3.76. The van der Waals surface area contributed by atoms with Crippen molar-refractivity contribution in [2.24, 2.45) is 0 Å². The van der Waals surface area contributed by atoms with Crippen molar-refractivity contribution < 1.29 is 18.7 Å². The van der Waals surface area contributed by atoms with E-state index < -0.39 is 11.4 Å². The van der Waals surface area contributed by atoms with Crippen LogP contribution in [-0.4, -0.2) is 39.6 Å². The van der Waals surface area contributed by atoms with Gasteiger partial charge in [-0.2, -0.15) is 5.10 Å². The van der Waals surface area contributed by atoms with Gasteiger partial charge in [0.1, 0.15) is 5.82 Å². The molecule has 0 fully saturated rings. The van der Waals surface area contributed by atoms with Gasteiger partial charge >= 0.3 is 5.97 Å². The fourth-order valence-corrected chi connectivity index (χ4v) is 3.81. The Hall–Kier alpha value is -2.96. The van der Waals surface area contributed by atoms with Crippen LogP contribution in [0.15, 0.2) is 23.9 Å². The molecule has 3 rings (SSSR count). The predicted molar refractivity (Wildman–Crippen MR) is 112 cm³/mol. The molecule has 30 heavy (non-hydrogen) atoms. The molecule has 0 spiro atoms. The zero-order valence-electron chi connectivity index (χ0n) is 18.5. The smallest absolute Gasteiger partial charge is 0.340 e. The van der Waals surface area contributed by atoms with Crippen LogP contribution in [0.4, 0.5) is 4.39 Å². The number of carbonyl (C=O) groups excluding carboxylic acids is 2. The van der Waals surface area contributed by atoms with Crippen molar-refractivity contribution in [2.45, 2.75) is 60.0 Å². The molecule has 7 heteroatoms. The second-order valence-electron chi connectivity index (χ2n) is 8.73. The highest BCUT2D eigenvalue weighted by atomic mass is 19.1. The number of hydrogen-bond donors (Lipinski definition) is 1. The summed E-state index contributed by atoms with van der Waals surface area (Å²) >= 11 is 0. The van der Waals surface area contributed by atoms with Gasteiger partial charge in [0.15, 0.2) is 0 Å². The number of rotatable bonds is 3. The number of aryl methyl sites for hydroxylation is 2. The highest BCUT2D eigenvalue weighted by Gasteiger charge is 2.40. The standard InChI is InChI=1S/C23H28FN3O3/c1-12(2)30-22(29)19-15(5)27(21(28)16-8-9-17(24)13(3)10-16)11-23(6,7)20-18(19)14(4)25-26-20/h8-10,12H,11H2,1-7H3,(H,25,26). The second kappa shape index (κ2) is 7.70. The summed E-state index contributed by atoms with van der Waals surface area (Å²) in [7, 11) is 0. The maximum atomic E-state index is 13.7. The van der Waals surface area contributed by atoms with Crippen molar-refractivity contribution in [1.82, 2.24) is 15.1 Å². The number of benzene rings is 1. The molecule has 0 radical (unpaired) electrons. The molecule has 160 valence electrons. The quantitative estimate of drug-likeness (QED) is 0.762. The maximum Gasteiger partial charge on any atom is 0.340 e. The number of fused-ring (bicyclic) bond motifs is 1. The number of halogens is 1. The minimum Gasteiger partial charge on any atom is -0.459 e. The van der Waals surface area contributed by atoms with Crippen LogP contribution >= 0.6 is 0 Å². The van der Waals surface area contributed by atoms with E-state index in [-0.39, 0.29) is 17.8 Å². The zero-order valence-corrected chi connectivity index (χ0v) is 18.5. The minimum atomic E-state index is -0.536. The average Bonchev–Trinajstić information content (AvgIpc) is 2.99. The first kappa shape index (κ1) is 21.7. The number of aromatic amines is 1. The van der Waals surface area contributed by atoms with Crippen molar-refractivity contribution >= 4 is 17.4 Å². The maximum absolute atomic E-state index is 13.7. The van der Waals surface area contributed by atoms with Crippen molar-refractivity contribution in [3.8, 4) is 0 Å². The van der Waals surface area contributed by atoms with Gasteiger partial charge in [-0.25, -0.2) is 9.18 Å². The fraction of sp³-hybridized carbons (Fsp3) is 0.435. The van der Waals surface area contributed by atoms with Crippen LogP contribution in [0.5, 0.6) is 0 Å². The fourth-order valence-electron chi connectivity index (χ4n) is 3.81. The summed E-state index contributed by atoms with van der Waals surface area (Å²) in [5.41, 5.74) is 3.14. The van der Waals surface area contributed by atoms with E-state index in [9.17, 15) is 14.0 Å². The summed E-state index contributed by atoms with van der Waals surface area (Å²) in [6.07, 6.45) is -0.311. The van der Waals surface area contributed by atoms with Gasteiger partial charge < -0.3 is 9.64 Å². The number of hydrogen-bond acceptors (Lipinski definition) is 4. The molecule has 0 saturated heterocycles. The van der Waals surface area contributed by atoms with E-state index in [0.717, 1.165) is 5.69 Å². The summed E-state index contributed by atoms with van der Waals surface area (Å²) in [4.78, 5) is 28.1. The highest BCUT2D eigenvalue weighted by Crippen LogP contribution is 2.39. The molecule has 0 unspecified atom stereocenters. The highest BCUT2D eigenvalue weighted by molar-refractivity contribution is 6.19. The third-order valence-electron chi connectivity index (χ3n) is 5.36. The molecule has 2 aromatic rings. The number of H-pyrrole nitrogens is 1. The number of nitrogens with zero attached hydrogens (tertiary/aromatic N) is 2. The summed E-state index contributed by atoms with van der Waals surface area (Å²) in [6.45, 7) is 13.0. The summed E-state index contributed by atoms with van der Waals surface area (Å²) in [5.74, 6) is -1.17. The number of allylic oxidation sites excluding steroid dienone is 1. The Bertz CT molecular complexity index is 1050. The number of esters is 1. The normalized spacial score (nSPS) is 15.8. The molecule has 1 aromatic carbocycles. The van der Waals surface area contributed by atoms with Crippen LogP contribution in [0.3, 0.4) is 0 Å². The molecule has 1 N–H and O–H groups in total. The van der Waals surface area contributed by atoms with Crippen molar-refractivity contribution in [2.75, 3.05) is 6.54 Å². The predicted octanol–water partition coefficient (Wildman–Crippen LogP) is 4.28. The largest absolute Gasteiger partial charge is 0.459 e. The lowest BCUT2D eigenvalue weighted by Crippen LogP contribution is -2.39. The van der Waals surface area contributed by atoms with Gasteiger partial charge in [-0.05, 0) is 58.4 Å². The Morgan fingerprint density at radius 2 is 1.90 bits per heavy atom. The van der Waals surface area contributed by atoms with Gasteiger partial charge in [0.25, 0.3) is 5.91 Å². The van der Waals surface area contributed by atoms with Crippen LogP contribution in [0.1, 0.15) is 67.5 Å². The summed E-state index contributed by atoms with van der Waals surface area (Å²) in [5, 5.41) is 7.43. The van der Waals surface area contributed by atoms with Gasteiger partial charge in [-0.15, -0.1) is 0 Å². The molecule has 2 heterocycles. The molecule has 0 atom stereocenters. The van der Waals surface area contributed by atoms with Gasteiger partial charge in [0.05, 0.1) is 17.4 Å². The lowest BCUT2D eigenvalue weighted by Gasteiger charge is -2.30. The van der Waals surface area contributed by atoms with Crippen molar-refractivity contribution in [3.63, 3.8) is 0 Å². The van der Waals surface area contributed by atoms with Gasteiger partial charge in [-0.3, -0.25) is 9.89 Å². The first-order valence-corrected chi connectivity index (χ1v) is 9.99. The number of aromatic nitrogens is 2. The van der Waals surface area contributed by atoms with Crippen molar-refractivity contribution in [1.29, 1.82) is 0 Å². The SMILES string of the molecule is CC1=C(C(=O)OC(C)C)c2c(n[nH]c2C)C(C)(C)CN1C(=O)c1ccc(F)c(C)c1. The van der Waals surface area contributed by atoms with E-state index >= 15 is 0 Å². The molecule has 6 nitrogen and oxygen atoms in total. The Balaban J connectivity index is 2.20. The van der Waals surface area contributed by atoms with Crippen LogP contribution in [0, 0.1) is 19.7 Å². The number of ether oxygens (including phenoxy) is 1. The molecular formula is C23H28FN3O3. The van der Waals surface area contributed by atoms with Crippen LogP contribution < -0.4 is 0 Å². The van der Waals surface area contributed by atoms with Crippen molar-refractivity contribution in [3.05, 3.63) is 57.8 Å².